The Kier molecular flexibility index (Phi) is 6.73. The molecule has 1 amide bonds. The third kappa shape index (κ3) is 4.84. The number of benzene rings is 2. The molecule has 6 rings (SSSR count). The number of pyridine rings is 2. The molecule has 4 aromatic rings. The monoisotopic (exact) mass is 523 g/mol. The molecule has 2 aromatic carbocycles. The van der Waals surface area contributed by atoms with Crippen LogP contribution >= 0.6 is 11.6 Å². The lowest BCUT2D eigenvalue weighted by Gasteiger charge is -2.32. The van der Waals surface area contributed by atoms with Gasteiger partial charge >= 0.3 is 0 Å². The largest absolute Gasteiger partial charge is 0.367 e. The molecule has 4 heterocycles. The lowest BCUT2D eigenvalue weighted by atomic mass is 10.0. The zero-order valence-corrected chi connectivity index (χ0v) is 22.2. The number of halogens is 1. The summed E-state index contributed by atoms with van der Waals surface area (Å²) in [5.74, 6) is 0.937. The van der Waals surface area contributed by atoms with Crippen molar-refractivity contribution in [2.75, 3.05) is 29.9 Å². The first-order chi connectivity index (χ1) is 18.6. The van der Waals surface area contributed by atoms with Gasteiger partial charge in [-0.2, -0.15) is 0 Å². The SMILES string of the molecule is Cc1ccc(Cl)cc1CN1CCNc2ncc(-c3cccc(C(=O)N4CCCC4c4cccnc4)c3)cc21. The van der Waals surface area contributed by atoms with Crippen LogP contribution in [0.15, 0.2) is 79.3 Å². The number of nitrogens with one attached hydrogen (secondary N) is 1. The zero-order valence-electron chi connectivity index (χ0n) is 21.4. The summed E-state index contributed by atoms with van der Waals surface area (Å²) < 4.78 is 0. The van der Waals surface area contributed by atoms with Crippen molar-refractivity contribution in [3.05, 3.63) is 107 Å². The molecule has 0 bridgehead atoms. The average Bonchev–Trinajstić information content (AvgIpc) is 3.45. The molecule has 0 aliphatic carbocycles. The number of amides is 1. The van der Waals surface area contributed by atoms with Crippen molar-refractivity contribution < 1.29 is 4.79 Å². The van der Waals surface area contributed by atoms with Gasteiger partial charge in [-0.05, 0) is 78.4 Å². The first kappa shape index (κ1) is 24.4. The van der Waals surface area contributed by atoms with E-state index in [2.05, 4.69) is 40.3 Å². The third-order valence-corrected chi connectivity index (χ3v) is 7.82. The van der Waals surface area contributed by atoms with Gasteiger partial charge in [0.25, 0.3) is 5.91 Å². The molecule has 1 atom stereocenters. The van der Waals surface area contributed by atoms with Gasteiger partial charge in [0.05, 0.1) is 11.7 Å². The van der Waals surface area contributed by atoms with E-state index in [1.54, 1.807) is 6.20 Å². The Bertz CT molecular complexity index is 1470. The summed E-state index contributed by atoms with van der Waals surface area (Å²) in [5.41, 5.74) is 7.24. The standard InChI is InChI=1S/C31H30ClN5O/c1-21-9-10-27(32)16-26(21)20-36-14-12-34-30-29(36)17-25(19-35-30)22-5-2-6-23(15-22)31(38)37-13-4-8-28(37)24-7-3-11-33-18-24/h2-3,5-7,9-11,15-19,28H,4,8,12-14,20H2,1H3,(H,34,35). The van der Waals surface area contributed by atoms with E-state index >= 15 is 0 Å². The summed E-state index contributed by atoms with van der Waals surface area (Å²) in [7, 11) is 0. The topological polar surface area (TPSA) is 61.4 Å². The first-order valence-electron chi connectivity index (χ1n) is 13.1. The van der Waals surface area contributed by atoms with Crippen LogP contribution in [0.5, 0.6) is 0 Å². The maximum Gasteiger partial charge on any atom is 0.254 e. The van der Waals surface area contributed by atoms with Gasteiger partial charge < -0.3 is 15.1 Å². The first-order valence-corrected chi connectivity index (χ1v) is 13.5. The van der Waals surface area contributed by atoms with Crippen LogP contribution in [-0.4, -0.2) is 40.4 Å². The van der Waals surface area contributed by atoms with Gasteiger partial charge in [-0.1, -0.05) is 35.9 Å². The van der Waals surface area contributed by atoms with E-state index in [4.69, 9.17) is 16.6 Å². The number of aryl methyl sites for hydroxylation is 1. The molecule has 2 aliphatic rings. The van der Waals surface area contributed by atoms with Crippen molar-refractivity contribution in [2.24, 2.45) is 0 Å². The summed E-state index contributed by atoms with van der Waals surface area (Å²) in [5, 5.41) is 4.17. The van der Waals surface area contributed by atoms with Gasteiger partial charge in [-0.3, -0.25) is 9.78 Å². The molecule has 6 nitrogen and oxygen atoms in total. The summed E-state index contributed by atoms with van der Waals surface area (Å²) in [6.07, 6.45) is 7.48. The minimum Gasteiger partial charge on any atom is -0.367 e. The van der Waals surface area contributed by atoms with Crippen molar-refractivity contribution in [1.29, 1.82) is 0 Å². The van der Waals surface area contributed by atoms with E-state index in [0.717, 1.165) is 72.2 Å². The highest BCUT2D eigenvalue weighted by Gasteiger charge is 2.31. The Morgan fingerprint density at radius 3 is 2.84 bits per heavy atom. The molecule has 0 saturated carbocycles. The molecule has 7 heteroatoms. The second-order valence-corrected chi connectivity index (χ2v) is 10.5. The smallest absolute Gasteiger partial charge is 0.254 e. The number of carbonyl (C=O) groups is 1. The third-order valence-electron chi connectivity index (χ3n) is 7.58. The molecular weight excluding hydrogens is 494 g/mol. The van der Waals surface area contributed by atoms with Crippen LogP contribution in [0.4, 0.5) is 11.5 Å². The number of hydrogen-bond donors (Lipinski definition) is 1. The van der Waals surface area contributed by atoms with Crippen molar-refractivity contribution in [3.8, 4) is 11.1 Å². The number of likely N-dealkylation sites (tertiary alicyclic amines) is 1. The van der Waals surface area contributed by atoms with Gasteiger partial charge in [0.15, 0.2) is 0 Å². The van der Waals surface area contributed by atoms with Crippen LogP contribution in [0.25, 0.3) is 11.1 Å². The lowest BCUT2D eigenvalue weighted by Crippen LogP contribution is -2.34. The molecule has 0 radical (unpaired) electrons. The Hall–Kier alpha value is -3.90. The van der Waals surface area contributed by atoms with Gasteiger partial charge in [-0.15, -0.1) is 0 Å². The van der Waals surface area contributed by atoms with E-state index in [9.17, 15) is 4.79 Å². The minimum atomic E-state index is 0.0591. The van der Waals surface area contributed by atoms with Crippen LogP contribution in [-0.2, 0) is 6.54 Å². The highest BCUT2D eigenvalue weighted by Crippen LogP contribution is 2.35. The van der Waals surface area contributed by atoms with Crippen LogP contribution < -0.4 is 10.2 Å². The maximum atomic E-state index is 13.6. The van der Waals surface area contributed by atoms with Crippen molar-refractivity contribution in [2.45, 2.75) is 32.4 Å². The number of anilines is 2. The highest BCUT2D eigenvalue weighted by molar-refractivity contribution is 6.30. The summed E-state index contributed by atoms with van der Waals surface area (Å²) in [4.78, 5) is 27.0. The average molecular weight is 524 g/mol. The Morgan fingerprint density at radius 2 is 1.97 bits per heavy atom. The van der Waals surface area contributed by atoms with Crippen molar-refractivity contribution in [1.82, 2.24) is 14.9 Å². The highest BCUT2D eigenvalue weighted by atomic mass is 35.5. The molecule has 0 spiro atoms. The van der Waals surface area contributed by atoms with Crippen LogP contribution in [0.3, 0.4) is 0 Å². The van der Waals surface area contributed by atoms with Crippen molar-refractivity contribution in [3.63, 3.8) is 0 Å². The summed E-state index contributed by atoms with van der Waals surface area (Å²) in [6.45, 7) is 5.33. The van der Waals surface area contributed by atoms with Gasteiger partial charge in [0, 0.05) is 60.9 Å². The fraction of sp³-hybridized carbons (Fsp3) is 0.258. The Labute approximate surface area is 228 Å². The zero-order chi connectivity index (χ0) is 26.1. The molecule has 192 valence electrons. The fourth-order valence-corrected chi connectivity index (χ4v) is 5.72. The maximum absolute atomic E-state index is 13.6. The minimum absolute atomic E-state index is 0.0591. The summed E-state index contributed by atoms with van der Waals surface area (Å²) >= 11 is 6.29. The van der Waals surface area contributed by atoms with Crippen molar-refractivity contribution >= 4 is 29.0 Å². The molecule has 1 N–H and O–H groups in total. The molecule has 1 unspecified atom stereocenters. The molecule has 38 heavy (non-hydrogen) atoms. The van der Waals surface area contributed by atoms with E-state index in [-0.39, 0.29) is 11.9 Å². The van der Waals surface area contributed by atoms with Crippen LogP contribution in [0.1, 0.15) is 45.9 Å². The molecular formula is C31H30ClN5O. The molecule has 1 saturated heterocycles. The van der Waals surface area contributed by atoms with Gasteiger partial charge in [0.1, 0.15) is 5.82 Å². The lowest BCUT2D eigenvalue weighted by molar-refractivity contribution is 0.0735. The fourth-order valence-electron chi connectivity index (χ4n) is 5.53. The van der Waals surface area contributed by atoms with Crippen LogP contribution in [0.2, 0.25) is 5.02 Å². The van der Waals surface area contributed by atoms with Gasteiger partial charge in [-0.25, -0.2) is 4.98 Å². The Balaban J connectivity index is 1.28. The van der Waals surface area contributed by atoms with E-state index in [1.165, 1.54) is 11.1 Å². The molecule has 2 aromatic heterocycles. The predicted molar refractivity (Wildman–Crippen MR) is 153 cm³/mol. The predicted octanol–water partition coefficient (Wildman–Crippen LogP) is 6.51. The second-order valence-electron chi connectivity index (χ2n) is 10.0. The Morgan fingerprint density at radius 1 is 1.05 bits per heavy atom. The van der Waals surface area contributed by atoms with Gasteiger partial charge in [0.2, 0.25) is 0 Å². The number of fused-ring (bicyclic) bond motifs is 1. The number of rotatable bonds is 5. The number of hydrogen-bond acceptors (Lipinski definition) is 5. The quantitative estimate of drug-likeness (QED) is 0.323. The molecule has 2 aliphatic heterocycles. The molecule has 1 fully saturated rings. The van der Waals surface area contributed by atoms with E-state index < -0.39 is 0 Å². The van der Waals surface area contributed by atoms with E-state index in [1.807, 2.05) is 59.8 Å². The number of carbonyl (C=O) groups excluding carboxylic acids is 1. The number of nitrogens with zero attached hydrogens (tertiary/aromatic N) is 4. The number of aromatic nitrogens is 2. The normalized spacial score (nSPS) is 16.7. The van der Waals surface area contributed by atoms with E-state index in [0.29, 0.717) is 5.56 Å². The second kappa shape index (κ2) is 10.5. The van der Waals surface area contributed by atoms with Crippen LogP contribution in [0, 0.1) is 6.92 Å². The summed E-state index contributed by atoms with van der Waals surface area (Å²) in [6, 6.07) is 20.2.